The van der Waals surface area contributed by atoms with Crippen molar-refractivity contribution in [1.29, 1.82) is 0 Å². The Morgan fingerprint density at radius 2 is 1.64 bits per heavy atom. The molecule has 0 aliphatic rings. The van der Waals surface area contributed by atoms with Crippen molar-refractivity contribution >= 4 is 26.8 Å². The smallest absolute Gasteiger partial charge is 0.289 e. The van der Waals surface area contributed by atoms with Crippen LogP contribution in [0, 0.1) is 0 Å². The van der Waals surface area contributed by atoms with Crippen LogP contribution >= 0.6 is 15.9 Å². The van der Waals surface area contributed by atoms with Crippen LogP contribution in [0.2, 0.25) is 0 Å². The highest BCUT2D eigenvalue weighted by Gasteiger charge is 2.11. The van der Waals surface area contributed by atoms with E-state index in [0.717, 1.165) is 10.0 Å². The van der Waals surface area contributed by atoms with Crippen LogP contribution < -0.4 is 11.2 Å². The van der Waals surface area contributed by atoms with Gasteiger partial charge in [-0.3, -0.25) is 13.9 Å². The molecule has 5 heteroatoms. The van der Waals surface area contributed by atoms with Gasteiger partial charge in [0.15, 0.2) is 0 Å². The molecular formula is C17H15BrN2O2. The van der Waals surface area contributed by atoms with Crippen molar-refractivity contribution in [2.75, 3.05) is 0 Å². The van der Waals surface area contributed by atoms with Crippen molar-refractivity contribution in [1.82, 2.24) is 9.13 Å². The molecule has 3 aromatic rings. The van der Waals surface area contributed by atoms with E-state index in [2.05, 4.69) is 15.9 Å². The van der Waals surface area contributed by atoms with Gasteiger partial charge >= 0.3 is 5.69 Å². The Hall–Kier alpha value is -2.14. The summed E-state index contributed by atoms with van der Waals surface area (Å²) < 4.78 is 3.93. The lowest BCUT2D eigenvalue weighted by atomic mass is 10.2. The van der Waals surface area contributed by atoms with Gasteiger partial charge in [0.1, 0.15) is 0 Å². The van der Waals surface area contributed by atoms with Crippen LogP contribution in [-0.4, -0.2) is 9.13 Å². The van der Waals surface area contributed by atoms with Gasteiger partial charge in [0, 0.05) is 11.0 Å². The molecule has 0 bridgehead atoms. The molecule has 0 fully saturated rings. The van der Waals surface area contributed by atoms with Gasteiger partial charge in [-0.15, -0.1) is 0 Å². The summed E-state index contributed by atoms with van der Waals surface area (Å²) in [4.78, 5) is 25.0. The van der Waals surface area contributed by atoms with Crippen LogP contribution in [0.5, 0.6) is 0 Å². The number of halogens is 1. The van der Waals surface area contributed by atoms with Crippen LogP contribution in [0.15, 0.2) is 62.6 Å². The first-order valence-electron chi connectivity index (χ1n) is 7.08. The number of para-hydroxylation sites is 1. The van der Waals surface area contributed by atoms with Gasteiger partial charge in [-0.1, -0.05) is 40.2 Å². The molecule has 0 spiro atoms. The number of nitrogens with zero attached hydrogens (tertiary/aromatic N) is 2. The summed E-state index contributed by atoms with van der Waals surface area (Å²) in [5.74, 6) is 0. The molecule has 0 aliphatic heterocycles. The standard InChI is InChI=1S/C17H15BrN2O2/c1-2-19-16(21)14-5-3-4-6-15(14)20(17(19)22)11-12-7-9-13(18)10-8-12/h3-10H,2,11H2,1H3. The van der Waals surface area contributed by atoms with Crippen LogP contribution in [-0.2, 0) is 13.1 Å². The van der Waals surface area contributed by atoms with E-state index in [1.54, 1.807) is 10.6 Å². The highest BCUT2D eigenvalue weighted by molar-refractivity contribution is 9.10. The predicted molar refractivity (Wildman–Crippen MR) is 91.4 cm³/mol. The topological polar surface area (TPSA) is 44.0 Å². The first-order chi connectivity index (χ1) is 10.6. The second-order valence-electron chi connectivity index (χ2n) is 5.06. The van der Waals surface area contributed by atoms with Crippen LogP contribution in [0.3, 0.4) is 0 Å². The van der Waals surface area contributed by atoms with E-state index in [9.17, 15) is 9.59 Å². The van der Waals surface area contributed by atoms with Crippen molar-refractivity contribution in [2.45, 2.75) is 20.0 Å². The Kier molecular flexibility index (Phi) is 3.98. The number of aromatic nitrogens is 2. The highest BCUT2D eigenvalue weighted by atomic mass is 79.9. The SMILES string of the molecule is CCn1c(=O)c2ccccc2n(Cc2ccc(Br)cc2)c1=O. The van der Waals surface area contributed by atoms with Crippen LogP contribution in [0.4, 0.5) is 0 Å². The van der Waals surface area contributed by atoms with Crippen molar-refractivity contribution in [3.8, 4) is 0 Å². The molecule has 0 aliphatic carbocycles. The second-order valence-corrected chi connectivity index (χ2v) is 5.98. The van der Waals surface area contributed by atoms with E-state index in [1.165, 1.54) is 4.57 Å². The minimum Gasteiger partial charge on any atom is -0.289 e. The molecule has 3 rings (SSSR count). The van der Waals surface area contributed by atoms with Crippen molar-refractivity contribution in [3.63, 3.8) is 0 Å². The van der Waals surface area contributed by atoms with E-state index < -0.39 is 0 Å². The lowest BCUT2D eigenvalue weighted by Gasteiger charge is -2.13. The first-order valence-corrected chi connectivity index (χ1v) is 7.88. The summed E-state index contributed by atoms with van der Waals surface area (Å²) in [7, 11) is 0. The van der Waals surface area contributed by atoms with Crippen LogP contribution in [0.25, 0.3) is 10.9 Å². The monoisotopic (exact) mass is 358 g/mol. The fourth-order valence-electron chi connectivity index (χ4n) is 2.57. The Balaban J connectivity index is 2.26. The molecule has 112 valence electrons. The van der Waals surface area contributed by atoms with Gasteiger partial charge < -0.3 is 0 Å². The summed E-state index contributed by atoms with van der Waals surface area (Å²) in [5, 5.41) is 0.570. The quantitative estimate of drug-likeness (QED) is 0.722. The van der Waals surface area contributed by atoms with E-state index in [0.29, 0.717) is 24.0 Å². The van der Waals surface area contributed by atoms with Gasteiger partial charge in [-0.05, 0) is 36.8 Å². The van der Waals surface area contributed by atoms with Gasteiger partial charge in [0.25, 0.3) is 5.56 Å². The molecular weight excluding hydrogens is 344 g/mol. The summed E-state index contributed by atoms with van der Waals surface area (Å²) in [5.41, 5.74) is 1.19. The maximum absolute atomic E-state index is 12.6. The predicted octanol–water partition coefficient (Wildman–Crippen LogP) is 2.99. The fourth-order valence-corrected chi connectivity index (χ4v) is 2.84. The third-order valence-electron chi connectivity index (χ3n) is 3.70. The molecule has 0 unspecified atom stereocenters. The Morgan fingerprint density at radius 1 is 0.955 bits per heavy atom. The number of benzene rings is 2. The molecule has 0 N–H and O–H groups in total. The normalized spacial score (nSPS) is 11.0. The number of rotatable bonds is 3. The average molecular weight is 359 g/mol. The van der Waals surface area contributed by atoms with Crippen molar-refractivity contribution < 1.29 is 0 Å². The average Bonchev–Trinajstić information content (AvgIpc) is 2.54. The summed E-state index contributed by atoms with van der Waals surface area (Å²) in [6, 6.07) is 15.1. The maximum atomic E-state index is 12.6. The number of hydrogen-bond donors (Lipinski definition) is 0. The van der Waals surface area contributed by atoms with Crippen molar-refractivity contribution in [2.24, 2.45) is 0 Å². The second kappa shape index (κ2) is 5.93. The number of fused-ring (bicyclic) bond motifs is 1. The molecule has 0 amide bonds. The largest absolute Gasteiger partial charge is 0.331 e. The molecule has 0 atom stereocenters. The Morgan fingerprint density at radius 3 is 2.32 bits per heavy atom. The van der Waals surface area contributed by atoms with Gasteiger partial charge in [-0.25, -0.2) is 4.79 Å². The van der Waals surface area contributed by atoms with E-state index in [-0.39, 0.29) is 11.2 Å². The third kappa shape index (κ3) is 2.52. The lowest BCUT2D eigenvalue weighted by molar-refractivity contribution is 0.619. The van der Waals surface area contributed by atoms with E-state index in [4.69, 9.17) is 0 Å². The maximum Gasteiger partial charge on any atom is 0.331 e. The minimum atomic E-state index is -0.269. The van der Waals surface area contributed by atoms with Gasteiger partial charge in [0.2, 0.25) is 0 Å². The zero-order valence-corrected chi connectivity index (χ0v) is 13.7. The van der Waals surface area contributed by atoms with Gasteiger partial charge in [-0.2, -0.15) is 0 Å². The zero-order valence-electron chi connectivity index (χ0n) is 12.1. The highest BCUT2D eigenvalue weighted by Crippen LogP contribution is 2.13. The zero-order chi connectivity index (χ0) is 15.7. The fraction of sp³-hybridized carbons (Fsp3) is 0.176. The first kappa shape index (κ1) is 14.8. The molecule has 0 saturated carbocycles. The third-order valence-corrected chi connectivity index (χ3v) is 4.23. The van der Waals surface area contributed by atoms with E-state index >= 15 is 0 Å². The number of hydrogen-bond acceptors (Lipinski definition) is 2. The molecule has 1 heterocycles. The molecule has 1 aromatic heterocycles. The molecule has 0 saturated heterocycles. The molecule has 4 nitrogen and oxygen atoms in total. The van der Waals surface area contributed by atoms with Crippen LogP contribution in [0.1, 0.15) is 12.5 Å². The van der Waals surface area contributed by atoms with Gasteiger partial charge in [0.05, 0.1) is 17.4 Å². The minimum absolute atomic E-state index is 0.227. The molecule has 22 heavy (non-hydrogen) atoms. The lowest BCUT2D eigenvalue weighted by Crippen LogP contribution is -2.39. The summed E-state index contributed by atoms with van der Waals surface area (Å²) in [6.45, 7) is 2.61. The summed E-state index contributed by atoms with van der Waals surface area (Å²) >= 11 is 3.40. The molecule has 0 radical (unpaired) electrons. The van der Waals surface area contributed by atoms with Crippen molar-refractivity contribution in [3.05, 3.63) is 79.4 Å². The molecule has 2 aromatic carbocycles. The summed E-state index contributed by atoms with van der Waals surface area (Å²) in [6.07, 6.45) is 0. The van der Waals surface area contributed by atoms with E-state index in [1.807, 2.05) is 49.4 Å². The Labute approximate surface area is 135 Å². The Bertz CT molecular complexity index is 940.